The van der Waals surface area contributed by atoms with E-state index in [1.54, 1.807) is 0 Å². The summed E-state index contributed by atoms with van der Waals surface area (Å²) in [5.74, 6) is -1.04. The maximum Gasteiger partial charge on any atom is 0.339 e. The van der Waals surface area contributed by atoms with Gasteiger partial charge in [0.05, 0.1) is 16.1 Å². The zero-order valence-corrected chi connectivity index (χ0v) is 11.3. The first kappa shape index (κ1) is 14.7. The van der Waals surface area contributed by atoms with Gasteiger partial charge in [0.2, 0.25) is 0 Å². The first-order valence-electron chi connectivity index (χ1n) is 5.72. The number of carboxylic acids is 1. The third-order valence-corrected chi connectivity index (χ3v) is 3.00. The SMILES string of the molecule is O=C(O)c1ccncc1OCc1ccc([N+](=O)[O-])cc1Cl. The molecular formula is C13H9ClN2O5. The highest BCUT2D eigenvalue weighted by molar-refractivity contribution is 6.31. The molecule has 0 aliphatic carbocycles. The Morgan fingerprint density at radius 3 is 2.81 bits per heavy atom. The standard InChI is InChI=1S/C13H9ClN2O5/c14-11-5-9(16(19)20)2-1-8(11)7-21-12-6-15-4-3-10(12)13(17)18/h1-6H,7H2,(H,17,18). The summed E-state index contributed by atoms with van der Waals surface area (Å²) in [5, 5.41) is 19.8. The summed E-state index contributed by atoms with van der Waals surface area (Å²) in [4.78, 5) is 24.9. The van der Waals surface area contributed by atoms with E-state index in [4.69, 9.17) is 21.4 Å². The van der Waals surface area contributed by atoms with Gasteiger partial charge in [0, 0.05) is 23.9 Å². The molecule has 0 saturated carbocycles. The van der Waals surface area contributed by atoms with Crippen molar-refractivity contribution in [3.8, 4) is 5.75 Å². The van der Waals surface area contributed by atoms with Gasteiger partial charge in [-0.3, -0.25) is 15.1 Å². The lowest BCUT2D eigenvalue weighted by molar-refractivity contribution is -0.384. The smallest absolute Gasteiger partial charge is 0.339 e. The van der Waals surface area contributed by atoms with Crippen LogP contribution in [0.4, 0.5) is 5.69 Å². The molecule has 1 aromatic heterocycles. The number of hydrogen-bond donors (Lipinski definition) is 1. The summed E-state index contributed by atoms with van der Waals surface area (Å²) < 4.78 is 5.37. The lowest BCUT2D eigenvalue weighted by Gasteiger charge is -2.09. The van der Waals surface area contributed by atoms with E-state index in [-0.39, 0.29) is 28.6 Å². The number of rotatable bonds is 5. The minimum atomic E-state index is -1.14. The maximum atomic E-state index is 11.0. The number of pyridine rings is 1. The van der Waals surface area contributed by atoms with Crippen LogP contribution in [0.3, 0.4) is 0 Å². The molecule has 0 atom stereocenters. The summed E-state index contributed by atoms with van der Waals surface area (Å²) in [5.41, 5.74) is 0.349. The normalized spacial score (nSPS) is 10.1. The van der Waals surface area contributed by atoms with Gasteiger partial charge in [0.25, 0.3) is 5.69 Å². The Kier molecular flexibility index (Phi) is 4.34. The van der Waals surface area contributed by atoms with E-state index in [0.717, 1.165) is 0 Å². The molecule has 0 fully saturated rings. The third-order valence-electron chi connectivity index (χ3n) is 2.65. The summed E-state index contributed by atoms with van der Waals surface area (Å²) >= 11 is 5.93. The van der Waals surface area contributed by atoms with Crippen LogP contribution in [0.2, 0.25) is 5.02 Å². The Morgan fingerprint density at radius 2 is 2.19 bits per heavy atom. The highest BCUT2D eigenvalue weighted by Gasteiger charge is 2.13. The molecule has 0 amide bonds. The number of carboxylic acid groups (broad SMARTS) is 1. The van der Waals surface area contributed by atoms with Crippen LogP contribution in [-0.2, 0) is 6.61 Å². The van der Waals surface area contributed by atoms with Crippen LogP contribution in [0.5, 0.6) is 5.75 Å². The third kappa shape index (κ3) is 3.46. The lowest BCUT2D eigenvalue weighted by Crippen LogP contribution is -2.04. The second-order valence-electron chi connectivity index (χ2n) is 4.00. The van der Waals surface area contributed by atoms with Gasteiger partial charge in [-0.1, -0.05) is 11.6 Å². The zero-order chi connectivity index (χ0) is 15.4. The van der Waals surface area contributed by atoms with E-state index >= 15 is 0 Å². The number of non-ortho nitro benzene ring substituents is 1. The average molecular weight is 309 g/mol. The Labute approximate surface area is 123 Å². The number of aromatic carboxylic acids is 1. The van der Waals surface area contributed by atoms with Gasteiger partial charge < -0.3 is 9.84 Å². The molecule has 1 heterocycles. The molecule has 0 radical (unpaired) electrons. The van der Waals surface area contributed by atoms with Gasteiger partial charge in [0.1, 0.15) is 12.2 Å². The summed E-state index contributed by atoms with van der Waals surface area (Å²) in [7, 11) is 0. The molecule has 2 rings (SSSR count). The first-order chi connectivity index (χ1) is 9.99. The number of aromatic nitrogens is 1. The fourth-order valence-corrected chi connectivity index (χ4v) is 1.82. The molecule has 108 valence electrons. The van der Waals surface area contributed by atoms with E-state index < -0.39 is 10.9 Å². The van der Waals surface area contributed by atoms with Crippen molar-refractivity contribution < 1.29 is 19.6 Å². The lowest BCUT2D eigenvalue weighted by atomic mass is 10.2. The van der Waals surface area contributed by atoms with Gasteiger partial charge in [-0.15, -0.1) is 0 Å². The van der Waals surface area contributed by atoms with Crippen LogP contribution >= 0.6 is 11.6 Å². The topological polar surface area (TPSA) is 103 Å². The molecule has 8 heteroatoms. The summed E-state index contributed by atoms with van der Waals surface area (Å²) in [6, 6.07) is 5.28. The fraction of sp³-hybridized carbons (Fsp3) is 0.0769. The van der Waals surface area contributed by atoms with Crippen molar-refractivity contribution in [2.24, 2.45) is 0 Å². The van der Waals surface area contributed by atoms with Crippen molar-refractivity contribution in [3.63, 3.8) is 0 Å². The highest BCUT2D eigenvalue weighted by atomic mass is 35.5. The number of benzene rings is 1. The van der Waals surface area contributed by atoms with Crippen molar-refractivity contribution in [1.29, 1.82) is 0 Å². The predicted octanol–water partition coefficient (Wildman–Crippen LogP) is 2.92. The molecule has 1 N–H and O–H groups in total. The van der Waals surface area contributed by atoms with Crippen molar-refractivity contribution >= 4 is 23.3 Å². The Bertz CT molecular complexity index is 705. The number of nitro groups is 1. The number of nitro benzene ring substituents is 1. The monoisotopic (exact) mass is 308 g/mol. The van der Waals surface area contributed by atoms with E-state index in [9.17, 15) is 14.9 Å². The molecule has 0 unspecified atom stereocenters. The highest BCUT2D eigenvalue weighted by Crippen LogP contribution is 2.24. The average Bonchev–Trinajstić information content (AvgIpc) is 2.46. The second kappa shape index (κ2) is 6.19. The van der Waals surface area contributed by atoms with E-state index in [1.165, 1.54) is 36.7 Å². The minimum Gasteiger partial charge on any atom is -0.486 e. The molecule has 2 aromatic rings. The van der Waals surface area contributed by atoms with Gasteiger partial charge in [-0.05, 0) is 12.1 Å². The zero-order valence-electron chi connectivity index (χ0n) is 10.5. The van der Waals surface area contributed by atoms with Crippen LogP contribution in [0.25, 0.3) is 0 Å². The summed E-state index contributed by atoms with van der Waals surface area (Å²) in [6.07, 6.45) is 2.62. The van der Waals surface area contributed by atoms with Crippen LogP contribution in [-0.4, -0.2) is 21.0 Å². The van der Waals surface area contributed by atoms with Crippen molar-refractivity contribution in [1.82, 2.24) is 4.98 Å². The molecule has 0 aliphatic heterocycles. The molecule has 0 saturated heterocycles. The minimum absolute atomic E-state index is 0.0250. The fourth-order valence-electron chi connectivity index (χ4n) is 1.59. The van der Waals surface area contributed by atoms with Crippen molar-refractivity contribution in [2.75, 3.05) is 0 Å². The quantitative estimate of drug-likeness (QED) is 0.673. The summed E-state index contributed by atoms with van der Waals surface area (Å²) in [6.45, 7) is -0.0250. The van der Waals surface area contributed by atoms with Crippen molar-refractivity contribution in [2.45, 2.75) is 6.61 Å². The Morgan fingerprint density at radius 1 is 1.43 bits per heavy atom. The number of halogens is 1. The van der Waals surface area contributed by atoms with Crippen molar-refractivity contribution in [3.05, 3.63) is 62.9 Å². The number of ether oxygens (including phenoxy) is 1. The number of hydrogen-bond acceptors (Lipinski definition) is 5. The van der Waals surface area contributed by atoms with Gasteiger partial charge in [-0.2, -0.15) is 0 Å². The van der Waals surface area contributed by atoms with Gasteiger partial charge in [-0.25, -0.2) is 4.79 Å². The number of carbonyl (C=O) groups is 1. The van der Waals surface area contributed by atoms with Crippen LogP contribution in [0.1, 0.15) is 15.9 Å². The largest absolute Gasteiger partial charge is 0.486 e. The first-order valence-corrected chi connectivity index (χ1v) is 6.09. The predicted molar refractivity (Wildman–Crippen MR) is 73.6 cm³/mol. The van der Waals surface area contributed by atoms with Gasteiger partial charge >= 0.3 is 5.97 Å². The maximum absolute atomic E-state index is 11.0. The molecule has 1 aromatic carbocycles. The molecule has 0 spiro atoms. The number of nitrogens with zero attached hydrogens (tertiary/aromatic N) is 2. The van der Waals surface area contributed by atoms with Crippen LogP contribution < -0.4 is 4.74 Å². The van der Waals surface area contributed by atoms with Gasteiger partial charge in [0.15, 0.2) is 5.75 Å². The molecule has 0 bridgehead atoms. The molecule has 0 aliphatic rings. The molecular weight excluding hydrogens is 300 g/mol. The van der Waals surface area contributed by atoms with E-state index in [2.05, 4.69) is 4.98 Å². The Balaban J connectivity index is 2.17. The van der Waals surface area contributed by atoms with E-state index in [1.807, 2.05) is 0 Å². The Hall–Kier alpha value is -2.67. The molecule has 7 nitrogen and oxygen atoms in total. The second-order valence-corrected chi connectivity index (χ2v) is 4.41. The molecule has 21 heavy (non-hydrogen) atoms. The van der Waals surface area contributed by atoms with Crippen LogP contribution in [0, 0.1) is 10.1 Å². The van der Waals surface area contributed by atoms with Crippen LogP contribution in [0.15, 0.2) is 36.7 Å². The van der Waals surface area contributed by atoms with E-state index in [0.29, 0.717) is 5.56 Å².